The summed E-state index contributed by atoms with van der Waals surface area (Å²) < 4.78 is 160. The lowest BCUT2D eigenvalue weighted by Crippen LogP contribution is -2.56. The van der Waals surface area contributed by atoms with Crippen molar-refractivity contribution < 1.29 is 67.4 Å². The van der Waals surface area contributed by atoms with E-state index in [2.05, 4.69) is 4.74 Å². The van der Waals surface area contributed by atoms with Crippen LogP contribution >= 0.6 is 0 Å². The van der Waals surface area contributed by atoms with E-state index >= 15 is 0 Å². The van der Waals surface area contributed by atoms with Crippen molar-refractivity contribution in [2.24, 2.45) is 5.92 Å². The molecule has 0 aromatic heterocycles. The summed E-state index contributed by atoms with van der Waals surface area (Å²) in [6.45, 7) is -2.41. The number of carbonyl (C=O) groups is 2. The second kappa shape index (κ2) is 13.7. The van der Waals surface area contributed by atoms with E-state index in [1.54, 1.807) is 0 Å². The Bertz CT molecular complexity index is 1850. The molecule has 0 bridgehead atoms. The Morgan fingerprint density at radius 3 is 1.98 bits per heavy atom. The highest BCUT2D eigenvalue weighted by Gasteiger charge is 2.73. The molecule has 2 fully saturated rings. The third-order valence-corrected chi connectivity index (χ3v) is 11.8. The van der Waals surface area contributed by atoms with E-state index in [-0.39, 0.29) is 44.0 Å². The molecule has 0 spiro atoms. The van der Waals surface area contributed by atoms with Crippen LogP contribution in [0.3, 0.4) is 0 Å². The minimum absolute atomic E-state index is 0.0573. The maximum absolute atomic E-state index is 14.5. The van der Waals surface area contributed by atoms with Crippen LogP contribution in [-0.4, -0.2) is 73.9 Å². The van der Waals surface area contributed by atoms with Crippen LogP contribution in [0.2, 0.25) is 0 Å². The largest absolute Gasteiger partial charge is 0.481 e. The molecular weight excluding hydrogens is 723 g/mol. The van der Waals surface area contributed by atoms with Crippen molar-refractivity contribution in [1.82, 2.24) is 9.80 Å². The van der Waals surface area contributed by atoms with Crippen LogP contribution in [0.5, 0.6) is 0 Å². The lowest BCUT2D eigenvalue weighted by atomic mass is 9.88. The first-order valence-electron chi connectivity index (χ1n) is 15.3. The molecule has 2 aliphatic rings. The molecule has 3 aromatic rings. The van der Waals surface area contributed by atoms with Gasteiger partial charge in [-0.25, -0.2) is 26.4 Å². The maximum Gasteiger partial charge on any atom is 0.430 e. The summed E-state index contributed by atoms with van der Waals surface area (Å²) in [5, 5.41) is 9.12. The average Bonchev–Trinajstić information content (AvgIpc) is 3.70. The highest BCUT2D eigenvalue weighted by atomic mass is 32.2. The van der Waals surface area contributed by atoms with Crippen molar-refractivity contribution in [2.45, 2.75) is 53.5 Å². The Hall–Kier alpha value is -4.32. The fraction of sp³-hybridized carbons (Fsp3) is 0.394. The summed E-state index contributed by atoms with van der Waals surface area (Å²) in [5.74, 6) is -5.15. The summed E-state index contributed by atoms with van der Waals surface area (Å²) in [4.78, 5) is 26.7. The number of carboxylic acids is 1. The number of likely N-dealkylation sites (tertiary alicyclic amines) is 2. The van der Waals surface area contributed by atoms with Crippen molar-refractivity contribution in [2.75, 3.05) is 26.2 Å². The number of carboxylic acid groups (broad SMARTS) is 1. The molecule has 2 saturated heterocycles. The molecule has 1 unspecified atom stereocenters. The zero-order valence-electron chi connectivity index (χ0n) is 26.3. The van der Waals surface area contributed by atoms with E-state index < -0.39 is 91.2 Å². The van der Waals surface area contributed by atoms with Gasteiger partial charge in [0.1, 0.15) is 22.2 Å². The van der Waals surface area contributed by atoms with Crippen molar-refractivity contribution in [3.05, 3.63) is 101 Å². The van der Waals surface area contributed by atoms with Gasteiger partial charge in [-0.1, -0.05) is 30.3 Å². The van der Waals surface area contributed by atoms with E-state index in [1.807, 2.05) is 0 Å². The zero-order chi connectivity index (χ0) is 37.6. The van der Waals surface area contributed by atoms with Crippen LogP contribution < -0.4 is 0 Å². The molecule has 5 rings (SSSR count). The van der Waals surface area contributed by atoms with Gasteiger partial charge in [-0.2, -0.15) is 26.3 Å². The van der Waals surface area contributed by atoms with Crippen LogP contribution in [0.4, 0.5) is 44.3 Å². The molecule has 0 saturated carbocycles. The SMILES string of the molecule is O=C(O)CC1CCN(C(=O)N2CC[C@](c3ccc(C(OCc4c(F)cccc4F)(C(F)(F)F)C(F)(F)F)cc3)(S(=O)(=O)c3ccc(F)cc3)C2)C1. The molecule has 2 heterocycles. The second-order valence-corrected chi connectivity index (χ2v) is 14.6. The van der Waals surface area contributed by atoms with E-state index in [4.69, 9.17) is 5.11 Å². The molecule has 2 atom stereocenters. The van der Waals surface area contributed by atoms with Crippen molar-refractivity contribution in [3.8, 4) is 0 Å². The number of halogens is 9. The summed E-state index contributed by atoms with van der Waals surface area (Å²) in [6, 6.07) is 7.07. The first kappa shape index (κ1) is 37.9. The van der Waals surface area contributed by atoms with Crippen LogP contribution in [0, 0.1) is 23.4 Å². The lowest BCUT2D eigenvalue weighted by molar-refractivity contribution is -0.392. The van der Waals surface area contributed by atoms with Gasteiger partial charge in [0.25, 0.3) is 5.60 Å². The maximum atomic E-state index is 14.5. The van der Waals surface area contributed by atoms with Gasteiger partial charge in [0.15, 0.2) is 9.84 Å². The zero-order valence-corrected chi connectivity index (χ0v) is 27.1. The third kappa shape index (κ3) is 6.86. The van der Waals surface area contributed by atoms with Crippen molar-refractivity contribution in [1.29, 1.82) is 0 Å². The standard InChI is InChI=1S/C33H29F9N2O6S/c34-23-8-10-24(11-9-23)51(48,49)30(13-15-44(19-30)29(47)43-14-12-20(17-43)16-28(45)46)21-4-6-22(7-5-21)31(32(37,38)39,33(40,41)42)50-18-25-26(35)2-1-3-27(25)36/h1-11,20H,12-19H2,(H,45,46)/t20?,30-/m0/s1. The van der Waals surface area contributed by atoms with Crippen LogP contribution in [0.25, 0.3) is 0 Å². The number of alkyl halides is 6. The van der Waals surface area contributed by atoms with E-state index in [1.165, 1.54) is 4.90 Å². The van der Waals surface area contributed by atoms with Crippen molar-refractivity contribution in [3.63, 3.8) is 0 Å². The molecule has 2 aliphatic heterocycles. The third-order valence-electron chi connectivity index (χ3n) is 9.27. The quantitative estimate of drug-likeness (QED) is 0.188. The van der Waals surface area contributed by atoms with Gasteiger partial charge in [-0.15, -0.1) is 0 Å². The Kier molecular flexibility index (Phi) is 10.2. The smallest absolute Gasteiger partial charge is 0.430 e. The first-order chi connectivity index (χ1) is 23.7. The molecule has 1 N–H and O–H groups in total. The lowest BCUT2D eigenvalue weighted by Gasteiger charge is -2.38. The predicted molar refractivity (Wildman–Crippen MR) is 160 cm³/mol. The number of ether oxygens (including phenoxy) is 1. The topological polar surface area (TPSA) is 104 Å². The molecule has 18 heteroatoms. The molecule has 0 radical (unpaired) electrons. The fourth-order valence-corrected chi connectivity index (χ4v) is 8.69. The number of sulfone groups is 1. The van der Waals surface area contributed by atoms with Crippen LogP contribution in [-0.2, 0) is 36.3 Å². The van der Waals surface area contributed by atoms with Crippen LogP contribution in [0.15, 0.2) is 71.6 Å². The van der Waals surface area contributed by atoms with E-state index in [0.29, 0.717) is 42.8 Å². The van der Waals surface area contributed by atoms with Crippen molar-refractivity contribution >= 4 is 21.8 Å². The Labute approximate surface area is 285 Å². The molecule has 51 heavy (non-hydrogen) atoms. The predicted octanol–water partition coefficient (Wildman–Crippen LogP) is 6.93. The number of hydrogen-bond acceptors (Lipinski definition) is 5. The highest BCUT2D eigenvalue weighted by Crippen LogP contribution is 2.54. The summed E-state index contributed by atoms with van der Waals surface area (Å²) >= 11 is 0. The molecule has 3 aromatic carbocycles. The molecule has 8 nitrogen and oxygen atoms in total. The minimum atomic E-state index is -6.25. The molecule has 0 aliphatic carbocycles. The molecule has 276 valence electrons. The number of benzene rings is 3. The monoisotopic (exact) mass is 752 g/mol. The first-order valence-corrected chi connectivity index (χ1v) is 16.8. The average molecular weight is 753 g/mol. The van der Waals surface area contributed by atoms with Gasteiger partial charge in [0.2, 0.25) is 0 Å². The Balaban J connectivity index is 1.56. The number of aliphatic carboxylic acids is 1. The van der Waals surface area contributed by atoms with Gasteiger partial charge >= 0.3 is 24.4 Å². The van der Waals surface area contributed by atoms with Gasteiger partial charge in [0.05, 0.1) is 11.5 Å². The summed E-state index contributed by atoms with van der Waals surface area (Å²) in [6.07, 6.45) is -12.7. The Morgan fingerprint density at radius 1 is 0.843 bits per heavy atom. The van der Waals surface area contributed by atoms with E-state index in [0.717, 1.165) is 35.2 Å². The van der Waals surface area contributed by atoms with Gasteiger partial charge in [-0.05, 0) is 60.7 Å². The Morgan fingerprint density at radius 2 is 1.43 bits per heavy atom. The van der Waals surface area contributed by atoms with Gasteiger partial charge < -0.3 is 19.6 Å². The minimum Gasteiger partial charge on any atom is -0.481 e. The summed E-state index contributed by atoms with van der Waals surface area (Å²) in [7, 11) is -4.66. The van der Waals surface area contributed by atoms with Crippen LogP contribution in [0.1, 0.15) is 36.0 Å². The molecular formula is C33H29F9N2O6S. The number of carbonyl (C=O) groups excluding carboxylic acids is 1. The fourth-order valence-electron chi connectivity index (χ4n) is 6.61. The highest BCUT2D eigenvalue weighted by molar-refractivity contribution is 7.92. The van der Waals surface area contributed by atoms with Gasteiger partial charge in [0, 0.05) is 43.7 Å². The summed E-state index contributed by atoms with van der Waals surface area (Å²) in [5.41, 5.74) is -8.21. The second-order valence-electron chi connectivity index (χ2n) is 12.3. The molecule has 2 amide bonds. The number of rotatable bonds is 9. The normalized spacial score (nSPS) is 20.2. The number of hydrogen-bond donors (Lipinski definition) is 1. The number of nitrogens with zero attached hydrogens (tertiary/aromatic N) is 2. The van der Waals surface area contributed by atoms with E-state index in [9.17, 15) is 57.5 Å². The number of amides is 2. The number of urea groups is 1. The van der Waals surface area contributed by atoms with Gasteiger partial charge in [-0.3, -0.25) is 4.79 Å².